The third kappa shape index (κ3) is 2.25. The molecule has 1 aromatic rings. The average Bonchev–Trinajstić information content (AvgIpc) is 2.12. The van der Waals surface area contributed by atoms with Crippen LogP contribution in [-0.2, 0) is 0 Å². The zero-order valence-corrected chi connectivity index (χ0v) is 8.64. The Labute approximate surface area is 88.7 Å². The second-order valence-corrected chi connectivity index (χ2v) is 2.89. The fraction of sp³-hybridized carbons (Fsp3) is 0.200. The minimum absolute atomic E-state index is 0. The number of rotatable bonds is 2. The van der Waals surface area contributed by atoms with E-state index in [-0.39, 0.29) is 23.7 Å². The predicted molar refractivity (Wildman–Crippen MR) is 57.2 cm³/mol. The van der Waals surface area contributed by atoms with E-state index >= 15 is 0 Å². The lowest BCUT2D eigenvalue weighted by molar-refractivity contribution is 0.451. The molecule has 4 heteroatoms. The van der Waals surface area contributed by atoms with Crippen molar-refractivity contribution in [1.82, 2.24) is 0 Å². The van der Waals surface area contributed by atoms with Crippen molar-refractivity contribution in [1.29, 1.82) is 0 Å². The molecule has 0 fully saturated rings. The Hall–Kier alpha value is -1.06. The Morgan fingerprint density at radius 1 is 1.57 bits per heavy atom. The van der Waals surface area contributed by atoms with Gasteiger partial charge in [-0.05, 0) is 18.6 Å². The Morgan fingerprint density at radius 2 is 2.14 bits per heavy atom. The molecular formula is C10H13ClFNO. The molecule has 14 heavy (non-hydrogen) atoms. The molecule has 0 saturated heterocycles. The summed E-state index contributed by atoms with van der Waals surface area (Å²) < 4.78 is 13.2. The molecular weight excluding hydrogens is 205 g/mol. The standard InChI is InChI=1S/C10H12FNO.ClH/c1-3-8(12)9-7(11)5-4-6(2)10(9)13;/h3-5,8,13H,1,12H2,2H3;1H/t8-;/m0./s1. The molecule has 1 aromatic carbocycles. The van der Waals surface area contributed by atoms with E-state index < -0.39 is 11.9 Å². The molecule has 0 unspecified atom stereocenters. The summed E-state index contributed by atoms with van der Waals surface area (Å²) in [5.41, 5.74) is 6.26. The first kappa shape index (κ1) is 12.9. The number of nitrogens with two attached hydrogens (primary N) is 1. The van der Waals surface area contributed by atoms with Crippen molar-refractivity contribution in [2.24, 2.45) is 5.73 Å². The summed E-state index contributed by atoms with van der Waals surface area (Å²) in [7, 11) is 0. The van der Waals surface area contributed by atoms with Crippen LogP contribution in [0.5, 0.6) is 5.75 Å². The Morgan fingerprint density at radius 3 is 2.64 bits per heavy atom. The lowest BCUT2D eigenvalue weighted by Gasteiger charge is -2.11. The summed E-state index contributed by atoms with van der Waals surface area (Å²) in [6.45, 7) is 5.13. The van der Waals surface area contributed by atoms with E-state index in [9.17, 15) is 9.50 Å². The van der Waals surface area contributed by atoms with Crippen LogP contribution in [0.2, 0.25) is 0 Å². The molecule has 0 saturated carbocycles. The van der Waals surface area contributed by atoms with Crippen LogP contribution in [0.25, 0.3) is 0 Å². The molecule has 1 atom stereocenters. The maximum atomic E-state index is 13.2. The first-order valence-corrected chi connectivity index (χ1v) is 3.94. The molecule has 0 bridgehead atoms. The summed E-state index contributed by atoms with van der Waals surface area (Å²) in [6, 6.07) is 2.12. The van der Waals surface area contributed by atoms with E-state index in [1.807, 2.05) is 0 Å². The molecule has 0 radical (unpaired) electrons. The number of phenolic OH excluding ortho intramolecular Hbond substituents is 1. The third-order valence-corrected chi connectivity index (χ3v) is 1.95. The van der Waals surface area contributed by atoms with Crippen molar-refractivity contribution in [3.63, 3.8) is 0 Å². The van der Waals surface area contributed by atoms with E-state index in [4.69, 9.17) is 5.73 Å². The van der Waals surface area contributed by atoms with Crippen molar-refractivity contribution < 1.29 is 9.50 Å². The van der Waals surface area contributed by atoms with Crippen LogP contribution < -0.4 is 5.73 Å². The minimum Gasteiger partial charge on any atom is -0.507 e. The second-order valence-electron chi connectivity index (χ2n) is 2.89. The molecule has 0 spiro atoms. The molecule has 78 valence electrons. The molecule has 0 amide bonds. The zero-order chi connectivity index (χ0) is 10.0. The van der Waals surface area contributed by atoms with Gasteiger partial charge < -0.3 is 10.8 Å². The van der Waals surface area contributed by atoms with Gasteiger partial charge >= 0.3 is 0 Å². The van der Waals surface area contributed by atoms with Crippen LogP contribution in [0, 0.1) is 12.7 Å². The van der Waals surface area contributed by atoms with Crippen LogP contribution in [0.15, 0.2) is 24.8 Å². The van der Waals surface area contributed by atoms with Gasteiger partial charge in [-0.25, -0.2) is 4.39 Å². The highest BCUT2D eigenvalue weighted by molar-refractivity contribution is 5.85. The predicted octanol–water partition coefficient (Wildman–Crippen LogP) is 2.45. The van der Waals surface area contributed by atoms with Gasteiger partial charge in [-0.1, -0.05) is 12.1 Å². The van der Waals surface area contributed by atoms with Gasteiger partial charge in [0, 0.05) is 0 Å². The highest BCUT2D eigenvalue weighted by Gasteiger charge is 2.14. The third-order valence-electron chi connectivity index (χ3n) is 1.95. The largest absolute Gasteiger partial charge is 0.507 e. The van der Waals surface area contributed by atoms with Gasteiger partial charge in [-0.2, -0.15) is 0 Å². The number of phenols is 1. The van der Waals surface area contributed by atoms with Crippen LogP contribution in [0.3, 0.4) is 0 Å². The van der Waals surface area contributed by atoms with Crippen molar-refractivity contribution >= 4 is 12.4 Å². The number of hydrogen-bond donors (Lipinski definition) is 2. The van der Waals surface area contributed by atoms with Gasteiger partial charge in [0.2, 0.25) is 0 Å². The lowest BCUT2D eigenvalue weighted by Crippen LogP contribution is -2.09. The highest BCUT2D eigenvalue weighted by Crippen LogP contribution is 2.29. The normalized spacial score (nSPS) is 11.6. The number of aryl methyl sites for hydroxylation is 1. The van der Waals surface area contributed by atoms with Crippen molar-refractivity contribution in [2.45, 2.75) is 13.0 Å². The molecule has 0 aliphatic carbocycles. The molecule has 0 aliphatic rings. The fourth-order valence-corrected chi connectivity index (χ4v) is 1.13. The summed E-state index contributed by atoms with van der Waals surface area (Å²) in [5.74, 6) is -0.595. The number of benzene rings is 1. The topological polar surface area (TPSA) is 46.2 Å². The zero-order valence-electron chi connectivity index (χ0n) is 7.83. The molecule has 0 aromatic heterocycles. The molecule has 0 aliphatic heterocycles. The first-order valence-electron chi connectivity index (χ1n) is 3.94. The number of hydrogen-bond acceptors (Lipinski definition) is 2. The van der Waals surface area contributed by atoms with E-state index in [2.05, 4.69) is 6.58 Å². The molecule has 1 rings (SSSR count). The van der Waals surface area contributed by atoms with Gasteiger partial charge in [-0.15, -0.1) is 19.0 Å². The van der Waals surface area contributed by atoms with Crippen molar-refractivity contribution in [3.8, 4) is 5.75 Å². The molecule has 2 nitrogen and oxygen atoms in total. The van der Waals surface area contributed by atoms with Crippen LogP contribution in [0.4, 0.5) is 4.39 Å². The van der Waals surface area contributed by atoms with Crippen LogP contribution in [0.1, 0.15) is 17.2 Å². The van der Waals surface area contributed by atoms with Gasteiger partial charge in [0.25, 0.3) is 0 Å². The van der Waals surface area contributed by atoms with E-state index in [1.54, 1.807) is 6.92 Å². The Bertz CT molecular complexity index is 341. The second kappa shape index (κ2) is 4.98. The van der Waals surface area contributed by atoms with E-state index in [0.717, 1.165) is 0 Å². The number of halogens is 2. The average molecular weight is 218 g/mol. The monoisotopic (exact) mass is 217 g/mol. The maximum absolute atomic E-state index is 13.2. The fourth-order valence-electron chi connectivity index (χ4n) is 1.13. The highest BCUT2D eigenvalue weighted by atomic mass is 35.5. The Kier molecular flexibility index (Phi) is 4.60. The van der Waals surface area contributed by atoms with Crippen LogP contribution >= 0.6 is 12.4 Å². The summed E-state index contributed by atoms with van der Waals surface area (Å²) in [4.78, 5) is 0. The summed E-state index contributed by atoms with van der Waals surface area (Å²) >= 11 is 0. The smallest absolute Gasteiger partial charge is 0.132 e. The SMILES string of the molecule is C=C[C@H](N)c1c(F)ccc(C)c1O.Cl. The lowest BCUT2D eigenvalue weighted by atomic mass is 10.0. The first-order chi connectivity index (χ1) is 6.07. The quantitative estimate of drug-likeness (QED) is 0.748. The minimum atomic E-state index is -0.667. The van der Waals surface area contributed by atoms with Crippen molar-refractivity contribution in [2.75, 3.05) is 0 Å². The van der Waals surface area contributed by atoms with Gasteiger partial charge in [0.05, 0.1) is 11.6 Å². The van der Waals surface area contributed by atoms with Gasteiger partial charge in [-0.3, -0.25) is 0 Å². The summed E-state index contributed by atoms with van der Waals surface area (Å²) in [6.07, 6.45) is 1.39. The molecule has 0 heterocycles. The van der Waals surface area contributed by atoms with E-state index in [1.165, 1.54) is 18.2 Å². The van der Waals surface area contributed by atoms with Crippen molar-refractivity contribution in [3.05, 3.63) is 41.7 Å². The van der Waals surface area contributed by atoms with E-state index in [0.29, 0.717) is 5.56 Å². The Balaban J connectivity index is 0.00000169. The van der Waals surface area contributed by atoms with Gasteiger partial charge in [0.15, 0.2) is 0 Å². The maximum Gasteiger partial charge on any atom is 0.132 e. The van der Waals surface area contributed by atoms with Crippen LogP contribution in [-0.4, -0.2) is 5.11 Å². The number of aromatic hydroxyl groups is 1. The van der Waals surface area contributed by atoms with Gasteiger partial charge in [0.1, 0.15) is 11.6 Å². The molecule has 3 N–H and O–H groups in total. The summed E-state index contributed by atoms with van der Waals surface area (Å²) in [5, 5.41) is 9.51.